The molecular weight excluding hydrogens is 508 g/mol. The molecule has 2 aliphatic heterocycles. The average molecular weight is 536 g/mol. The molecule has 3 fully saturated rings. The summed E-state index contributed by atoms with van der Waals surface area (Å²) in [5.41, 5.74) is 3.46. The summed E-state index contributed by atoms with van der Waals surface area (Å²) in [5, 5.41) is 18.9. The number of aromatic nitrogens is 4. The molecule has 1 saturated heterocycles. The molecule has 0 atom stereocenters. The third kappa shape index (κ3) is 3.97. The second-order valence-electron chi connectivity index (χ2n) is 11.6. The van der Waals surface area contributed by atoms with E-state index in [1.807, 2.05) is 37.3 Å². The number of alkyl halides is 2. The Kier molecular flexibility index (Phi) is 5.34. The van der Waals surface area contributed by atoms with Gasteiger partial charge in [0.05, 0.1) is 30.0 Å². The van der Waals surface area contributed by atoms with Crippen LogP contribution >= 0.6 is 11.6 Å². The molecule has 0 bridgehead atoms. The van der Waals surface area contributed by atoms with Crippen LogP contribution in [0.1, 0.15) is 60.1 Å². The minimum absolute atomic E-state index is 0.229. The lowest BCUT2D eigenvalue weighted by Crippen LogP contribution is -2.62. The highest BCUT2D eigenvalue weighted by Gasteiger charge is 2.54. The number of halogens is 3. The van der Waals surface area contributed by atoms with Gasteiger partial charge in [-0.25, -0.2) is 13.8 Å². The number of benzene rings is 1. The van der Waals surface area contributed by atoms with Gasteiger partial charge in [-0.1, -0.05) is 11.6 Å². The van der Waals surface area contributed by atoms with Gasteiger partial charge in [0.2, 0.25) is 0 Å². The SMILES string of the molecule is Cc1nc(N2CC3(CC(c4nnc5n4-c4ccc(Cl)cc4CN(CC(F)(F)C4CC4)C5)C3)C2)ccc1C#N. The number of aryl methyl sites for hydroxylation is 1. The monoisotopic (exact) mass is 535 g/mol. The standard InChI is InChI=1S/C28H28ClF2N7/c1-17-18(11-32)2-7-24(33-17)37-14-27(15-37)9-20(10-27)26-35-34-25-13-36(16-28(30,31)21-3-4-21)12-19-8-22(29)5-6-23(19)38(25)26/h2,5-8,20-21H,3-4,9-10,12-16H2,1H3. The van der Waals surface area contributed by atoms with Gasteiger partial charge in [-0.15, -0.1) is 10.2 Å². The first-order valence-electron chi connectivity index (χ1n) is 13.2. The predicted octanol–water partition coefficient (Wildman–Crippen LogP) is 5.24. The van der Waals surface area contributed by atoms with E-state index in [9.17, 15) is 14.0 Å². The molecule has 7 nitrogen and oxygen atoms in total. The van der Waals surface area contributed by atoms with Crippen LogP contribution in [0.25, 0.3) is 5.69 Å². The Labute approximate surface area is 225 Å². The van der Waals surface area contributed by atoms with Crippen molar-refractivity contribution in [3.63, 3.8) is 0 Å². The van der Waals surface area contributed by atoms with E-state index in [2.05, 4.69) is 30.7 Å². The average Bonchev–Trinajstić information content (AvgIpc) is 3.62. The topological polar surface area (TPSA) is 73.9 Å². The molecule has 10 heteroatoms. The number of fused-ring (bicyclic) bond motifs is 3. The predicted molar refractivity (Wildman–Crippen MR) is 138 cm³/mol. The van der Waals surface area contributed by atoms with Crippen LogP contribution in [0.4, 0.5) is 14.6 Å². The fraction of sp³-hybridized carbons (Fsp3) is 0.500. The van der Waals surface area contributed by atoms with Gasteiger partial charge in [0.1, 0.15) is 17.7 Å². The Morgan fingerprint density at radius 2 is 1.92 bits per heavy atom. The van der Waals surface area contributed by atoms with Crippen molar-refractivity contribution >= 4 is 17.4 Å². The molecule has 1 spiro atoms. The zero-order chi connectivity index (χ0) is 26.2. The molecule has 0 radical (unpaired) electrons. The summed E-state index contributed by atoms with van der Waals surface area (Å²) in [5.74, 6) is -0.403. The summed E-state index contributed by atoms with van der Waals surface area (Å²) >= 11 is 6.33. The fourth-order valence-electron chi connectivity index (χ4n) is 6.59. The third-order valence-corrected chi connectivity index (χ3v) is 8.93. The van der Waals surface area contributed by atoms with Crippen LogP contribution in [0.3, 0.4) is 0 Å². The van der Waals surface area contributed by atoms with Crippen LogP contribution in [0.5, 0.6) is 0 Å². The van der Waals surface area contributed by atoms with E-state index in [1.54, 1.807) is 4.90 Å². The summed E-state index contributed by atoms with van der Waals surface area (Å²) in [6.07, 6.45) is 3.21. The smallest absolute Gasteiger partial charge is 0.263 e. The molecule has 4 heterocycles. The van der Waals surface area contributed by atoms with Gasteiger partial charge in [-0.3, -0.25) is 9.47 Å². The zero-order valence-electron chi connectivity index (χ0n) is 21.2. The maximum atomic E-state index is 14.8. The van der Waals surface area contributed by atoms with E-state index in [1.165, 1.54) is 0 Å². The summed E-state index contributed by atoms with van der Waals surface area (Å²) in [6.45, 7) is 4.18. The van der Waals surface area contributed by atoms with Crippen molar-refractivity contribution in [2.24, 2.45) is 11.3 Å². The maximum Gasteiger partial charge on any atom is 0.263 e. The first-order valence-corrected chi connectivity index (χ1v) is 13.6. The van der Waals surface area contributed by atoms with Gasteiger partial charge in [-0.05, 0) is 68.5 Å². The van der Waals surface area contributed by atoms with Crippen molar-refractivity contribution in [2.75, 3.05) is 24.5 Å². The molecule has 3 aromatic rings. The maximum absolute atomic E-state index is 14.8. The second-order valence-corrected chi connectivity index (χ2v) is 12.1. The highest BCUT2D eigenvalue weighted by molar-refractivity contribution is 6.30. The van der Waals surface area contributed by atoms with Gasteiger partial charge in [0.15, 0.2) is 5.82 Å². The van der Waals surface area contributed by atoms with Gasteiger partial charge in [0.25, 0.3) is 5.92 Å². The summed E-state index contributed by atoms with van der Waals surface area (Å²) < 4.78 is 31.6. The summed E-state index contributed by atoms with van der Waals surface area (Å²) in [6, 6.07) is 11.6. The minimum Gasteiger partial charge on any atom is -0.355 e. The number of nitrogens with zero attached hydrogens (tertiary/aromatic N) is 7. The quantitative estimate of drug-likeness (QED) is 0.445. The first-order chi connectivity index (χ1) is 18.2. The van der Waals surface area contributed by atoms with Gasteiger partial charge < -0.3 is 4.90 Å². The highest BCUT2D eigenvalue weighted by Crippen LogP contribution is 2.56. The molecule has 4 aliphatic rings. The minimum atomic E-state index is -2.70. The number of pyridine rings is 1. The Balaban J connectivity index is 1.11. The van der Waals surface area contributed by atoms with E-state index in [4.69, 9.17) is 11.6 Å². The van der Waals surface area contributed by atoms with E-state index < -0.39 is 11.8 Å². The normalized spacial score (nSPS) is 20.8. The number of nitriles is 1. The van der Waals surface area contributed by atoms with Crippen LogP contribution in [0, 0.1) is 29.6 Å². The van der Waals surface area contributed by atoms with Gasteiger partial charge in [-0.2, -0.15) is 5.26 Å². The number of hydrogen-bond donors (Lipinski definition) is 0. The lowest BCUT2D eigenvalue weighted by atomic mass is 9.57. The van der Waals surface area contributed by atoms with Crippen LogP contribution in [-0.2, 0) is 13.1 Å². The molecule has 196 valence electrons. The molecule has 1 aromatic carbocycles. The van der Waals surface area contributed by atoms with Gasteiger partial charge >= 0.3 is 0 Å². The Hall–Kier alpha value is -3.09. The molecule has 0 amide bonds. The lowest BCUT2D eigenvalue weighted by molar-refractivity contribution is -0.0558. The number of hydrogen-bond acceptors (Lipinski definition) is 6. The summed E-state index contributed by atoms with van der Waals surface area (Å²) in [7, 11) is 0. The van der Waals surface area contributed by atoms with Crippen molar-refractivity contribution < 1.29 is 8.78 Å². The zero-order valence-corrected chi connectivity index (χ0v) is 21.9. The Morgan fingerprint density at radius 3 is 2.63 bits per heavy atom. The van der Waals surface area contributed by atoms with Crippen molar-refractivity contribution in [3.05, 3.63) is 63.8 Å². The second kappa shape index (κ2) is 8.45. The molecule has 2 aromatic heterocycles. The van der Waals surface area contributed by atoms with E-state index in [0.717, 1.165) is 54.5 Å². The van der Waals surface area contributed by atoms with Crippen LogP contribution in [-0.4, -0.2) is 50.2 Å². The van der Waals surface area contributed by atoms with Crippen molar-refractivity contribution in [1.29, 1.82) is 5.26 Å². The highest BCUT2D eigenvalue weighted by atomic mass is 35.5. The molecule has 2 saturated carbocycles. The van der Waals surface area contributed by atoms with Crippen LogP contribution in [0.2, 0.25) is 5.02 Å². The molecule has 2 aliphatic carbocycles. The van der Waals surface area contributed by atoms with Gasteiger partial charge in [0, 0.05) is 41.9 Å². The Bertz CT molecular complexity index is 1460. The first kappa shape index (κ1) is 24.0. The molecule has 38 heavy (non-hydrogen) atoms. The number of rotatable bonds is 5. The molecule has 0 N–H and O–H groups in total. The van der Waals surface area contributed by atoms with E-state index in [-0.39, 0.29) is 17.9 Å². The van der Waals surface area contributed by atoms with Crippen LogP contribution < -0.4 is 4.90 Å². The van der Waals surface area contributed by atoms with Crippen LogP contribution in [0.15, 0.2) is 30.3 Å². The fourth-order valence-corrected chi connectivity index (χ4v) is 6.79. The molecular formula is C28H28ClF2N7. The largest absolute Gasteiger partial charge is 0.355 e. The third-order valence-electron chi connectivity index (χ3n) is 8.70. The van der Waals surface area contributed by atoms with E-state index >= 15 is 0 Å². The van der Waals surface area contributed by atoms with Crippen molar-refractivity contribution in [3.8, 4) is 11.8 Å². The number of anilines is 1. The van der Waals surface area contributed by atoms with Crippen molar-refractivity contribution in [1.82, 2.24) is 24.6 Å². The Morgan fingerprint density at radius 1 is 1.13 bits per heavy atom. The van der Waals surface area contributed by atoms with Crippen molar-refractivity contribution in [2.45, 2.75) is 57.5 Å². The lowest BCUT2D eigenvalue weighted by Gasteiger charge is -2.59. The van der Waals surface area contributed by atoms with E-state index in [0.29, 0.717) is 42.3 Å². The molecule has 7 rings (SSSR count). The summed E-state index contributed by atoms with van der Waals surface area (Å²) in [4.78, 5) is 8.68. The molecule has 0 unspecified atom stereocenters.